The second-order valence-electron chi connectivity index (χ2n) is 6.50. The first-order chi connectivity index (χ1) is 12.0. The van der Waals surface area contributed by atoms with E-state index in [1.807, 2.05) is 12.1 Å². The lowest BCUT2D eigenvalue weighted by Crippen LogP contribution is -2.45. The molecule has 1 aliphatic heterocycles. The van der Waals surface area contributed by atoms with Crippen molar-refractivity contribution < 1.29 is 9.21 Å². The van der Waals surface area contributed by atoms with E-state index in [-0.39, 0.29) is 17.1 Å². The number of hydrogen-bond donors (Lipinski definition) is 0. The number of hydrogen-bond acceptors (Lipinski definition) is 5. The van der Waals surface area contributed by atoms with Crippen LogP contribution in [0.15, 0.2) is 39.5 Å². The van der Waals surface area contributed by atoms with Crippen molar-refractivity contribution in [1.29, 1.82) is 0 Å². The molecule has 1 aromatic carbocycles. The third-order valence-electron chi connectivity index (χ3n) is 4.67. The van der Waals surface area contributed by atoms with E-state index >= 15 is 0 Å². The summed E-state index contributed by atoms with van der Waals surface area (Å²) in [5, 5.41) is 0.747. The second-order valence-corrected chi connectivity index (χ2v) is 8.11. The Labute approximate surface area is 156 Å². The number of carbonyl (C=O) groups excluding carboxylic acids is 1. The van der Waals surface area contributed by atoms with E-state index in [0.29, 0.717) is 17.7 Å². The molecule has 0 aliphatic carbocycles. The maximum Gasteiger partial charge on any atom is 0.347 e. The molecule has 2 atom stereocenters. The molecule has 3 rings (SSSR count). The number of thioether (sulfide) groups is 1. The molecule has 4 nitrogen and oxygen atoms in total. The van der Waals surface area contributed by atoms with E-state index < -0.39 is 5.63 Å². The van der Waals surface area contributed by atoms with Crippen LogP contribution in [-0.2, 0) is 0 Å². The predicted molar refractivity (Wildman–Crippen MR) is 106 cm³/mol. The third kappa shape index (κ3) is 3.96. The summed E-state index contributed by atoms with van der Waals surface area (Å²) in [5.74, 6) is -0.0955. The molecular formula is C19H21NO3S2. The Morgan fingerprint density at radius 1 is 1.28 bits per heavy atom. The van der Waals surface area contributed by atoms with E-state index in [1.54, 1.807) is 18.2 Å². The molecule has 1 aromatic heterocycles. The van der Waals surface area contributed by atoms with E-state index in [2.05, 4.69) is 18.7 Å². The highest BCUT2D eigenvalue weighted by Crippen LogP contribution is 2.26. The number of carbonyl (C=O) groups is 1. The second kappa shape index (κ2) is 7.70. The van der Waals surface area contributed by atoms with Crippen LogP contribution in [-0.4, -0.2) is 32.8 Å². The zero-order chi connectivity index (χ0) is 18.0. The summed E-state index contributed by atoms with van der Waals surface area (Å²) in [4.78, 5) is 26.8. The number of fused-ring (bicyclic) bond motifs is 1. The van der Waals surface area contributed by atoms with Gasteiger partial charge in [0.1, 0.15) is 15.5 Å². The van der Waals surface area contributed by atoms with Crippen molar-refractivity contribution in [3.63, 3.8) is 0 Å². The molecule has 0 saturated carbocycles. The van der Waals surface area contributed by atoms with Crippen LogP contribution in [0.25, 0.3) is 11.0 Å². The molecular weight excluding hydrogens is 354 g/mol. The summed E-state index contributed by atoms with van der Waals surface area (Å²) in [6, 6.07) is 9.58. The van der Waals surface area contributed by atoms with Crippen LogP contribution >= 0.6 is 24.0 Å². The zero-order valence-electron chi connectivity index (χ0n) is 14.4. The molecule has 1 fully saturated rings. The van der Waals surface area contributed by atoms with Gasteiger partial charge in [-0.15, -0.1) is 0 Å². The molecule has 1 saturated heterocycles. The SMILES string of the molecule is CC1CCCC(C)N1C(=S)SCC(=O)c1cc2ccccc2oc1=O. The van der Waals surface area contributed by atoms with E-state index in [0.717, 1.165) is 22.5 Å². The lowest BCUT2D eigenvalue weighted by Gasteiger charge is -2.40. The lowest BCUT2D eigenvalue weighted by atomic mass is 9.99. The summed E-state index contributed by atoms with van der Waals surface area (Å²) in [6.45, 7) is 4.34. The van der Waals surface area contributed by atoms with Gasteiger partial charge < -0.3 is 9.32 Å². The maximum absolute atomic E-state index is 12.5. The van der Waals surface area contributed by atoms with Crippen LogP contribution in [0, 0.1) is 0 Å². The fourth-order valence-corrected chi connectivity index (χ4v) is 4.77. The summed E-state index contributed by atoms with van der Waals surface area (Å²) < 4.78 is 5.98. The highest BCUT2D eigenvalue weighted by atomic mass is 32.2. The maximum atomic E-state index is 12.5. The van der Waals surface area contributed by atoms with Crippen molar-refractivity contribution in [2.24, 2.45) is 0 Å². The molecule has 0 bridgehead atoms. The minimum atomic E-state index is -0.588. The molecule has 1 aliphatic rings. The van der Waals surface area contributed by atoms with Gasteiger partial charge in [0, 0.05) is 17.5 Å². The normalized spacial score (nSPS) is 20.6. The average molecular weight is 376 g/mol. The number of piperidine rings is 1. The van der Waals surface area contributed by atoms with Crippen LogP contribution < -0.4 is 5.63 Å². The van der Waals surface area contributed by atoms with Gasteiger partial charge in [-0.25, -0.2) is 4.79 Å². The van der Waals surface area contributed by atoms with Crippen LogP contribution in [0.4, 0.5) is 0 Å². The number of para-hydroxylation sites is 1. The van der Waals surface area contributed by atoms with E-state index in [9.17, 15) is 9.59 Å². The standard InChI is InChI=1S/C19H21NO3S2/c1-12-6-5-7-13(2)20(12)19(24)25-11-16(21)15-10-14-8-3-4-9-17(14)23-18(15)22/h3-4,8-10,12-13H,5-7,11H2,1-2H3. The monoisotopic (exact) mass is 375 g/mol. The van der Waals surface area contributed by atoms with Gasteiger partial charge in [0.2, 0.25) is 0 Å². The Balaban J connectivity index is 1.71. The summed E-state index contributed by atoms with van der Waals surface area (Å²) in [6.07, 6.45) is 3.45. The van der Waals surface area contributed by atoms with Gasteiger partial charge in [-0.2, -0.15) is 0 Å². The number of rotatable bonds is 3. The number of Topliss-reactive ketones (excluding diaryl/α,β-unsaturated/α-hetero) is 1. The minimum Gasteiger partial charge on any atom is -0.422 e. The van der Waals surface area contributed by atoms with Gasteiger partial charge in [-0.05, 0) is 45.2 Å². The van der Waals surface area contributed by atoms with E-state index in [4.69, 9.17) is 16.6 Å². The molecule has 2 aromatic rings. The molecule has 2 unspecified atom stereocenters. The highest BCUT2D eigenvalue weighted by Gasteiger charge is 2.27. The molecule has 0 radical (unpaired) electrons. The Morgan fingerprint density at radius 3 is 2.68 bits per heavy atom. The Hall–Kier alpha value is -1.66. The first-order valence-corrected chi connectivity index (χ1v) is 9.88. The third-order valence-corrected chi connectivity index (χ3v) is 6.10. The molecule has 132 valence electrons. The van der Waals surface area contributed by atoms with Gasteiger partial charge in [0.15, 0.2) is 5.78 Å². The molecule has 0 N–H and O–H groups in total. The zero-order valence-corrected chi connectivity index (χ0v) is 16.0. The van der Waals surface area contributed by atoms with Crippen molar-refractivity contribution in [2.45, 2.75) is 45.2 Å². The lowest BCUT2D eigenvalue weighted by molar-refractivity contribution is 0.101. The number of likely N-dealkylation sites (tertiary alicyclic amines) is 1. The smallest absolute Gasteiger partial charge is 0.347 e. The first kappa shape index (κ1) is 18.1. The largest absolute Gasteiger partial charge is 0.422 e. The van der Waals surface area contributed by atoms with Crippen LogP contribution in [0.1, 0.15) is 43.5 Å². The van der Waals surface area contributed by atoms with Crippen molar-refractivity contribution in [3.8, 4) is 0 Å². The number of ketones is 1. The van der Waals surface area contributed by atoms with Crippen LogP contribution in [0.3, 0.4) is 0 Å². The quantitative estimate of drug-likeness (QED) is 0.454. The topological polar surface area (TPSA) is 50.5 Å². The number of benzene rings is 1. The number of nitrogens with zero attached hydrogens (tertiary/aromatic N) is 1. The van der Waals surface area contributed by atoms with Crippen molar-refractivity contribution in [1.82, 2.24) is 4.90 Å². The molecule has 0 amide bonds. The fraction of sp³-hybridized carbons (Fsp3) is 0.421. The van der Waals surface area contributed by atoms with Crippen LogP contribution in [0.5, 0.6) is 0 Å². The molecule has 25 heavy (non-hydrogen) atoms. The molecule has 2 heterocycles. The summed E-state index contributed by atoms with van der Waals surface area (Å²) in [7, 11) is 0. The molecule has 0 spiro atoms. The Bertz CT molecular complexity index is 851. The van der Waals surface area contributed by atoms with Gasteiger partial charge in [-0.1, -0.05) is 42.2 Å². The Morgan fingerprint density at radius 2 is 1.96 bits per heavy atom. The average Bonchev–Trinajstić information content (AvgIpc) is 2.59. The highest BCUT2D eigenvalue weighted by molar-refractivity contribution is 8.23. The predicted octanol–water partition coefficient (Wildman–Crippen LogP) is 4.26. The van der Waals surface area contributed by atoms with Gasteiger partial charge in [0.25, 0.3) is 0 Å². The van der Waals surface area contributed by atoms with Crippen molar-refractivity contribution in [2.75, 3.05) is 5.75 Å². The van der Waals surface area contributed by atoms with Crippen molar-refractivity contribution >= 4 is 45.1 Å². The van der Waals surface area contributed by atoms with Crippen LogP contribution in [0.2, 0.25) is 0 Å². The Kier molecular flexibility index (Phi) is 5.59. The minimum absolute atomic E-state index is 0.0914. The number of thiocarbonyl (C=S) groups is 1. The van der Waals surface area contributed by atoms with Crippen molar-refractivity contribution in [3.05, 3.63) is 46.3 Å². The van der Waals surface area contributed by atoms with Gasteiger partial charge >= 0.3 is 5.63 Å². The van der Waals surface area contributed by atoms with Gasteiger partial charge in [-0.3, -0.25) is 4.79 Å². The van der Waals surface area contributed by atoms with Gasteiger partial charge in [0.05, 0.1) is 5.75 Å². The molecule has 6 heteroatoms. The summed E-state index contributed by atoms with van der Waals surface area (Å²) in [5.41, 5.74) is -0.00754. The summed E-state index contributed by atoms with van der Waals surface area (Å²) >= 11 is 6.88. The fourth-order valence-electron chi connectivity index (χ4n) is 3.32. The van der Waals surface area contributed by atoms with E-state index in [1.165, 1.54) is 18.2 Å². The first-order valence-electron chi connectivity index (χ1n) is 8.48.